The van der Waals surface area contributed by atoms with Crippen molar-refractivity contribution < 1.29 is 19.4 Å². The zero-order chi connectivity index (χ0) is 17.5. The van der Waals surface area contributed by atoms with E-state index in [1.807, 2.05) is 37.4 Å². The fraction of sp³-hybridized carbons (Fsp3) is 0.263. The van der Waals surface area contributed by atoms with Crippen molar-refractivity contribution in [2.45, 2.75) is 32.3 Å². The van der Waals surface area contributed by atoms with Gasteiger partial charge in [0, 0.05) is 5.56 Å². The third kappa shape index (κ3) is 2.99. The standard InChI is InChI=1S/C19H18O4S/c1-11(18(21)22)13-9-12-6-7-19(2,3)23-17(12)14(10-13)16(20)15-5-4-8-24-15/h4-11H,1-3H3,(H,21,22). The normalized spacial score (nSPS) is 16.1. The van der Waals surface area contributed by atoms with Gasteiger partial charge in [0.25, 0.3) is 0 Å². The predicted molar refractivity (Wildman–Crippen MR) is 94.0 cm³/mol. The largest absolute Gasteiger partial charge is 0.482 e. The topological polar surface area (TPSA) is 63.6 Å². The number of ketones is 1. The molecular weight excluding hydrogens is 324 g/mol. The fourth-order valence-corrected chi connectivity index (χ4v) is 3.28. The van der Waals surface area contributed by atoms with E-state index in [-0.39, 0.29) is 5.78 Å². The minimum Gasteiger partial charge on any atom is -0.482 e. The van der Waals surface area contributed by atoms with Gasteiger partial charge in [0.15, 0.2) is 0 Å². The van der Waals surface area contributed by atoms with Crippen LogP contribution in [-0.2, 0) is 4.79 Å². The van der Waals surface area contributed by atoms with Crippen molar-refractivity contribution >= 4 is 29.2 Å². The van der Waals surface area contributed by atoms with Crippen LogP contribution in [0.4, 0.5) is 0 Å². The maximum absolute atomic E-state index is 12.9. The van der Waals surface area contributed by atoms with Crippen LogP contribution >= 0.6 is 11.3 Å². The number of rotatable bonds is 4. The molecule has 3 rings (SSSR count). The Kier molecular flexibility index (Phi) is 4.05. The van der Waals surface area contributed by atoms with Gasteiger partial charge < -0.3 is 9.84 Å². The quantitative estimate of drug-likeness (QED) is 0.839. The maximum atomic E-state index is 12.9. The minimum atomic E-state index is -0.925. The summed E-state index contributed by atoms with van der Waals surface area (Å²) in [5, 5.41) is 11.1. The van der Waals surface area contributed by atoms with E-state index in [0.29, 0.717) is 21.8 Å². The number of carboxylic acid groups (broad SMARTS) is 1. The van der Waals surface area contributed by atoms with Crippen LogP contribution in [0.5, 0.6) is 5.75 Å². The van der Waals surface area contributed by atoms with E-state index >= 15 is 0 Å². The van der Waals surface area contributed by atoms with E-state index in [1.54, 1.807) is 25.1 Å². The van der Waals surface area contributed by atoms with Crippen LogP contribution in [0.25, 0.3) is 6.08 Å². The highest BCUT2D eigenvalue weighted by molar-refractivity contribution is 7.12. The van der Waals surface area contributed by atoms with Crippen LogP contribution in [0, 0.1) is 0 Å². The van der Waals surface area contributed by atoms with Crippen molar-refractivity contribution in [3.63, 3.8) is 0 Å². The monoisotopic (exact) mass is 342 g/mol. The molecule has 0 amide bonds. The molecule has 1 aromatic carbocycles. The molecule has 0 saturated heterocycles. The molecule has 24 heavy (non-hydrogen) atoms. The molecule has 124 valence electrons. The first-order valence-corrected chi connectivity index (χ1v) is 8.54. The second-order valence-corrected chi connectivity index (χ2v) is 7.34. The first kappa shape index (κ1) is 16.5. The second kappa shape index (κ2) is 5.91. The number of aliphatic carboxylic acids is 1. The third-order valence-electron chi connectivity index (χ3n) is 4.03. The highest BCUT2D eigenvalue weighted by Crippen LogP contribution is 2.38. The highest BCUT2D eigenvalue weighted by Gasteiger charge is 2.29. The lowest BCUT2D eigenvalue weighted by molar-refractivity contribution is -0.138. The Morgan fingerprint density at radius 2 is 2.04 bits per heavy atom. The molecule has 4 nitrogen and oxygen atoms in total. The highest BCUT2D eigenvalue weighted by atomic mass is 32.1. The molecule has 1 atom stereocenters. The molecule has 5 heteroatoms. The number of fused-ring (bicyclic) bond motifs is 1. The summed E-state index contributed by atoms with van der Waals surface area (Å²) < 4.78 is 6.01. The van der Waals surface area contributed by atoms with E-state index in [9.17, 15) is 14.7 Å². The molecular formula is C19H18O4S. The average Bonchev–Trinajstić information content (AvgIpc) is 3.06. The summed E-state index contributed by atoms with van der Waals surface area (Å²) in [6.45, 7) is 5.44. The molecule has 2 aromatic rings. The van der Waals surface area contributed by atoms with Gasteiger partial charge in [-0.3, -0.25) is 9.59 Å². The predicted octanol–water partition coefficient (Wildman–Crippen LogP) is 4.35. The first-order chi connectivity index (χ1) is 11.3. The Bertz CT molecular complexity index is 831. The summed E-state index contributed by atoms with van der Waals surface area (Å²) >= 11 is 1.36. The van der Waals surface area contributed by atoms with Crippen LogP contribution in [0.1, 0.15) is 53.1 Å². The lowest BCUT2D eigenvalue weighted by atomic mass is 9.91. The average molecular weight is 342 g/mol. The number of hydrogen-bond acceptors (Lipinski definition) is 4. The Hall–Kier alpha value is -2.40. The zero-order valence-electron chi connectivity index (χ0n) is 13.7. The fourth-order valence-electron chi connectivity index (χ4n) is 2.60. The number of carbonyl (C=O) groups excluding carboxylic acids is 1. The van der Waals surface area contributed by atoms with Crippen molar-refractivity contribution in [1.82, 2.24) is 0 Å². The van der Waals surface area contributed by atoms with E-state index in [2.05, 4.69) is 0 Å². The molecule has 0 bridgehead atoms. The molecule has 0 fully saturated rings. The van der Waals surface area contributed by atoms with E-state index in [1.165, 1.54) is 11.3 Å². The number of hydrogen-bond donors (Lipinski definition) is 1. The Morgan fingerprint density at radius 3 is 2.67 bits per heavy atom. The number of ether oxygens (including phenoxy) is 1. The second-order valence-electron chi connectivity index (χ2n) is 6.39. The number of benzene rings is 1. The number of carbonyl (C=O) groups is 2. The van der Waals surface area contributed by atoms with Gasteiger partial charge in [0.1, 0.15) is 11.4 Å². The molecule has 1 aliphatic heterocycles. The first-order valence-electron chi connectivity index (χ1n) is 7.66. The van der Waals surface area contributed by atoms with Gasteiger partial charge in [0.05, 0.1) is 16.4 Å². The molecule has 0 spiro atoms. The van der Waals surface area contributed by atoms with Gasteiger partial charge in [-0.1, -0.05) is 12.1 Å². The summed E-state index contributed by atoms with van der Waals surface area (Å²) in [4.78, 5) is 24.8. The lowest BCUT2D eigenvalue weighted by Gasteiger charge is -2.30. The van der Waals surface area contributed by atoms with Gasteiger partial charge in [0.2, 0.25) is 5.78 Å². The maximum Gasteiger partial charge on any atom is 0.310 e. The minimum absolute atomic E-state index is 0.146. The van der Waals surface area contributed by atoms with E-state index in [4.69, 9.17) is 4.74 Å². The van der Waals surface area contributed by atoms with Crippen molar-refractivity contribution in [3.8, 4) is 5.75 Å². The summed E-state index contributed by atoms with van der Waals surface area (Å²) in [7, 11) is 0. The number of carboxylic acids is 1. The van der Waals surface area contributed by atoms with Crippen molar-refractivity contribution in [2.75, 3.05) is 0 Å². The molecule has 2 heterocycles. The molecule has 1 unspecified atom stereocenters. The van der Waals surface area contributed by atoms with E-state index < -0.39 is 17.5 Å². The van der Waals surface area contributed by atoms with Crippen LogP contribution in [-0.4, -0.2) is 22.5 Å². The molecule has 0 saturated carbocycles. The smallest absolute Gasteiger partial charge is 0.310 e. The molecule has 1 aliphatic rings. The van der Waals surface area contributed by atoms with Crippen LogP contribution in [0.2, 0.25) is 0 Å². The zero-order valence-corrected chi connectivity index (χ0v) is 14.5. The van der Waals surface area contributed by atoms with Gasteiger partial charge in [-0.2, -0.15) is 0 Å². The Labute approximate surface area is 144 Å². The van der Waals surface area contributed by atoms with Crippen molar-refractivity contribution in [2.24, 2.45) is 0 Å². The molecule has 1 aromatic heterocycles. The SMILES string of the molecule is CC(C(=O)O)c1cc2c(c(C(=O)c3cccs3)c1)OC(C)(C)C=C2. The summed E-state index contributed by atoms with van der Waals surface area (Å²) in [5.41, 5.74) is 1.22. The van der Waals surface area contributed by atoms with Crippen molar-refractivity contribution in [3.05, 3.63) is 57.3 Å². The van der Waals surface area contributed by atoms with Gasteiger partial charge in [-0.15, -0.1) is 11.3 Å². The summed E-state index contributed by atoms with van der Waals surface area (Å²) in [6, 6.07) is 7.01. The van der Waals surface area contributed by atoms with Crippen LogP contribution in [0.15, 0.2) is 35.7 Å². The Morgan fingerprint density at radius 1 is 1.29 bits per heavy atom. The number of thiophene rings is 1. The van der Waals surface area contributed by atoms with Gasteiger partial charge in [-0.25, -0.2) is 0 Å². The van der Waals surface area contributed by atoms with Crippen molar-refractivity contribution in [1.29, 1.82) is 0 Å². The molecule has 0 radical (unpaired) electrons. The summed E-state index contributed by atoms with van der Waals surface area (Å²) in [5.74, 6) is -1.26. The summed E-state index contributed by atoms with van der Waals surface area (Å²) in [6.07, 6.45) is 3.80. The third-order valence-corrected chi connectivity index (χ3v) is 4.90. The molecule has 1 N–H and O–H groups in total. The van der Waals surface area contributed by atoms with E-state index in [0.717, 1.165) is 5.56 Å². The Balaban J connectivity index is 2.18. The van der Waals surface area contributed by atoms with Gasteiger partial charge in [-0.05, 0) is 56.0 Å². The molecule has 0 aliphatic carbocycles. The lowest BCUT2D eigenvalue weighted by Crippen LogP contribution is -2.29. The van der Waals surface area contributed by atoms with Crippen LogP contribution < -0.4 is 4.74 Å². The van der Waals surface area contributed by atoms with Gasteiger partial charge >= 0.3 is 5.97 Å². The van der Waals surface area contributed by atoms with Crippen LogP contribution in [0.3, 0.4) is 0 Å².